The Kier molecular flexibility index (Phi) is 5.70. The number of rotatable bonds is 5. The average Bonchev–Trinajstić information content (AvgIpc) is 2.63. The lowest BCUT2D eigenvalue weighted by molar-refractivity contribution is 0.262. The van der Waals surface area contributed by atoms with Crippen LogP contribution < -0.4 is 14.9 Å². The van der Waals surface area contributed by atoms with Crippen molar-refractivity contribution in [1.29, 1.82) is 0 Å². The van der Waals surface area contributed by atoms with Crippen LogP contribution in [0.3, 0.4) is 0 Å². The van der Waals surface area contributed by atoms with E-state index < -0.39 is 10.0 Å². The van der Waals surface area contributed by atoms with Crippen molar-refractivity contribution >= 4 is 33.1 Å². The van der Waals surface area contributed by atoms with Gasteiger partial charge in [-0.15, -0.1) is 0 Å². The standard InChI is InChI=1S/C20H25N3O3S/c1-3-13-27(25,26)23-12-4-5-16-8-11-18(14-19(16)23)22-20(24)21-17-9-6-15(2)7-10-17/h6-11,14H,3-5,12-13H2,1-2H3,(H2,21,22,24). The molecule has 0 unspecified atom stereocenters. The number of nitrogens with one attached hydrogen (secondary N) is 2. The summed E-state index contributed by atoms with van der Waals surface area (Å²) in [5.41, 5.74) is 4.04. The van der Waals surface area contributed by atoms with Gasteiger partial charge in [0.25, 0.3) is 0 Å². The molecule has 0 radical (unpaired) electrons. The summed E-state index contributed by atoms with van der Waals surface area (Å²) in [4.78, 5) is 12.3. The summed E-state index contributed by atoms with van der Waals surface area (Å²) in [6, 6.07) is 12.6. The fourth-order valence-electron chi connectivity index (χ4n) is 3.21. The third kappa shape index (κ3) is 4.60. The molecular weight excluding hydrogens is 362 g/mol. The Morgan fingerprint density at radius 1 is 1.07 bits per heavy atom. The largest absolute Gasteiger partial charge is 0.323 e. The molecule has 0 saturated heterocycles. The Bertz CT molecular complexity index is 924. The van der Waals surface area contributed by atoms with Crippen molar-refractivity contribution < 1.29 is 13.2 Å². The third-order valence-corrected chi connectivity index (χ3v) is 6.50. The molecule has 0 aromatic heterocycles. The third-order valence-electron chi connectivity index (χ3n) is 4.53. The van der Waals surface area contributed by atoms with Crippen LogP contribution in [0.1, 0.15) is 30.9 Å². The molecule has 2 amide bonds. The molecule has 0 saturated carbocycles. The monoisotopic (exact) mass is 387 g/mol. The minimum Gasteiger partial charge on any atom is -0.308 e. The van der Waals surface area contributed by atoms with Gasteiger partial charge in [0.2, 0.25) is 10.0 Å². The van der Waals surface area contributed by atoms with Crippen molar-refractivity contribution in [3.63, 3.8) is 0 Å². The molecule has 1 aliphatic heterocycles. The lowest BCUT2D eigenvalue weighted by Gasteiger charge is -2.31. The normalized spacial score (nSPS) is 13.8. The molecular formula is C20H25N3O3S. The second-order valence-corrected chi connectivity index (χ2v) is 8.79. The van der Waals surface area contributed by atoms with Crippen LogP contribution in [-0.2, 0) is 16.4 Å². The number of sulfonamides is 1. The maximum absolute atomic E-state index is 12.6. The summed E-state index contributed by atoms with van der Waals surface area (Å²) in [5.74, 6) is 0.123. The molecule has 144 valence electrons. The summed E-state index contributed by atoms with van der Waals surface area (Å²) in [5, 5.41) is 5.57. The fourth-order valence-corrected chi connectivity index (χ4v) is 4.82. The van der Waals surface area contributed by atoms with E-state index in [0.29, 0.717) is 30.0 Å². The van der Waals surface area contributed by atoms with Gasteiger partial charge in [-0.05, 0) is 56.0 Å². The summed E-state index contributed by atoms with van der Waals surface area (Å²) in [6.07, 6.45) is 2.21. The fraction of sp³-hybridized carbons (Fsp3) is 0.350. The molecule has 0 atom stereocenters. The summed E-state index contributed by atoms with van der Waals surface area (Å²) in [7, 11) is -3.34. The van der Waals surface area contributed by atoms with Gasteiger partial charge in [0, 0.05) is 17.9 Å². The first-order chi connectivity index (χ1) is 12.9. The summed E-state index contributed by atoms with van der Waals surface area (Å²) < 4.78 is 26.6. The number of benzene rings is 2. The highest BCUT2D eigenvalue weighted by Gasteiger charge is 2.27. The van der Waals surface area contributed by atoms with Crippen molar-refractivity contribution in [3.05, 3.63) is 53.6 Å². The van der Waals surface area contributed by atoms with Gasteiger partial charge in [0.05, 0.1) is 11.4 Å². The van der Waals surface area contributed by atoms with Crippen molar-refractivity contribution in [1.82, 2.24) is 0 Å². The zero-order valence-electron chi connectivity index (χ0n) is 15.7. The SMILES string of the molecule is CCCS(=O)(=O)N1CCCc2ccc(NC(=O)Nc3ccc(C)cc3)cc21. The van der Waals surface area contributed by atoms with E-state index in [-0.39, 0.29) is 11.8 Å². The highest BCUT2D eigenvalue weighted by Crippen LogP contribution is 2.32. The Balaban J connectivity index is 1.78. The minimum atomic E-state index is -3.34. The maximum atomic E-state index is 12.6. The number of carbonyl (C=O) groups excluding carboxylic acids is 1. The van der Waals surface area contributed by atoms with Crippen LogP contribution >= 0.6 is 0 Å². The van der Waals surface area contributed by atoms with E-state index in [4.69, 9.17) is 0 Å². The molecule has 0 fully saturated rings. The predicted molar refractivity (Wildman–Crippen MR) is 110 cm³/mol. The van der Waals surface area contributed by atoms with Crippen LogP contribution in [0.25, 0.3) is 0 Å². The predicted octanol–water partition coefficient (Wildman–Crippen LogP) is 4.13. The molecule has 2 N–H and O–H groups in total. The molecule has 7 heteroatoms. The van der Waals surface area contributed by atoms with Crippen molar-refractivity contribution in [3.8, 4) is 0 Å². The smallest absolute Gasteiger partial charge is 0.308 e. The van der Waals surface area contributed by atoms with E-state index in [1.165, 1.54) is 4.31 Å². The van der Waals surface area contributed by atoms with Gasteiger partial charge in [0.15, 0.2) is 0 Å². The number of hydrogen-bond donors (Lipinski definition) is 2. The molecule has 2 aromatic rings. The highest BCUT2D eigenvalue weighted by atomic mass is 32.2. The van der Waals surface area contributed by atoms with Crippen LogP contribution in [0.2, 0.25) is 0 Å². The van der Waals surface area contributed by atoms with Gasteiger partial charge >= 0.3 is 6.03 Å². The lowest BCUT2D eigenvalue weighted by Crippen LogP contribution is -2.37. The number of aryl methyl sites for hydroxylation is 2. The zero-order valence-corrected chi connectivity index (χ0v) is 16.5. The van der Waals surface area contributed by atoms with Crippen molar-refractivity contribution in [2.75, 3.05) is 27.2 Å². The first-order valence-electron chi connectivity index (χ1n) is 9.17. The Morgan fingerprint density at radius 2 is 1.74 bits per heavy atom. The topological polar surface area (TPSA) is 78.5 Å². The van der Waals surface area contributed by atoms with Crippen LogP contribution in [0.15, 0.2) is 42.5 Å². The van der Waals surface area contributed by atoms with E-state index in [9.17, 15) is 13.2 Å². The van der Waals surface area contributed by atoms with Gasteiger partial charge < -0.3 is 10.6 Å². The van der Waals surface area contributed by atoms with Gasteiger partial charge in [-0.1, -0.05) is 30.7 Å². The number of hydrogen-bond acceptors (Lipinski definition) is 3. The Labute approximate surface area is 160 Å². The first kappa shape index (κ1) is 19.2. The molecule has 27 heavy (non-hydrogen) atoms. The van der Waals surface area contributed by atoms with Gasteiger partial charge in [-0.25, -0.2) is 13.2 Å². The lowest BCUT2D eigenvalue weighted by atomic mass is 10.0. The van der Waals surface area contributed by atoms with E-state index >= 15 is 0 Å². The Hall–Kier alpha value is -2.54. The minimum absolute atomic E-state index is 0.123. The quantitative estimate of drug-likeness (QED) is 0.810. The molecule has 6 nitrogen and oxygen atoms in total. The molecule has 1 heterocycles. The maximum Gasteiger partial charge on any atom is 0.323 e. The zero-order chi connectivity index (χ0) is 19.4. The molecule has 0 bridgehead atoms. The summed E-state index contributed by atoms with van der Waals surface area (Å²) >= 11 is 0. The second-order valence-electron chi connectivity index (χ2n) is 6.78. The number of fused-ring (bicyclic) bond motifs is 1. The number of nitrogens with zero attached hydrogens (tertiary/aromatic N) is 1. The average molecular weight is 388 g/mol. The van der Waals surface area contributed by atoms with E-state index in [1.807, 2.05) is 50.2 Å². The number of anilines is 3. The van der Waals surface area contributed by atoms with Crippen LogP contribution in [0.5, 0.6) is 0 Å². The molecule has 0 spiro atoms. The van der Waals surface area contributed by atoms with Gasteiger partial charge in [0.1, 0.15) is 0 Å². The first-order valence-corrected chi connectivity index (χ1v) is 10.8. The van der Waals surface area contributed by atoms with Crippen LogP contribution in [0.4, 0.5) is 21.9 Å². The van der Waals surface area contributed by atoms with Crippen molar-refractivity contribution in [2.45, 2.75) is 33.1 Å². The van der Waals surface area contributed by atoms with E-state index in [1.54, 1.807) is 6.07 Å². The van der Waals surface area contributed by atoms with Crippen LogP contribution in [0, 0.1) is 6.92 Å². The molecule has 1 aliphatic rings. The second kappa shape index (κ2) is 8.00. The van der Waals surface area contributed by atoms with E-state index in [2.05, 4.69) is 10.6 Å². The number of amides is 2. The van der Waals surface area contributed by atoms with Crippen LogP contribution in [-0.4, -0.2) is 26.7 Å². The summed E-state index contributed by atoms with van der Waals surface area (Å²) in [6.45, 7) is 4.32. The van der Waals surface area contributed by atoms with Gasteiger partial charge in [-0.2, -0.15) is 0 Å². The molecule has 2 aromatic carbocycles. The number of carbonyl (C=O) groups is 1. The molecule has 3 rings (SSSR count). The molecule has 0 aliphatic carbocycles. The highest BCUT2D eigenvalue weighted by molar-refractivity contribution is 7.92. The van der Waals surface area contributed by atoms with E-state index in [0.717, 1.165) is 24.0 Å². The van der Waals surface area contributed by atoms with Crippen molar-refractivity contribution in [2.24, 2.45) is 0 Å². The Morgan fingerprint density at radius 3 is 2.44 bits per heavy atom. The number of urea groups is 1. The van der Waals surface area contributed by atoms with Gasteiger partial charge in [-0.3, -0.25) is 4.31 Å².